The molecule has 2 aromatic heterocycles. The van der Waals surface area contributed by atoms with Gasteiger partial charge in [0.15, 0.2) is 5.76 Å². The second-order valence-electron chi connectivity index (χ2n) is 6.19. The lowest BCUT2D eigenvalue weighted by atomic mass is 10.2. The number of ether oxygens (including phenoxy) is 1. The Morgan fingerprint density at radius 2 is 2.11 bits per heavy atom. The number of hydrogen-bond acceptors (Lipinski definition) is 4. The predicted molar refractivity (Wildman–Crippen MR) is 103 cm³/mol. The van der Waals surface area contributed by atoms with E-state index in [1.165, 1.54) is 0 Å². The van der Waals surface area contributed by atoms with Crippen LogP contribution < -0.4 is 10.1 Å². The first-order valence-electron chi connectivity index (χ1n) is 8.75. The number of aryl methyl sites for hydroxylation is 2. The third kappa shape index (κ3) is 4.34. The van der Waals surface area contributed by atoms with Crippen LogP contribution in [0.25, 0.3) is 0 Å². The van der Waals surface area contributed by atoms with Crippen molar-refractivity contribution in [1.29, 1.82) is 0 Å². The van der Waals surface area contributed by atoms with E-state index in [0.29, 0.717) is 23.1 Å². The summed E-state index contributed by atoms with van der Waals surface area (Å²) >= 11 is 6.15. The highest BCUT2D eigenvalue weighted by Crippen LogP contribution is 2.28. The number of nitrogens with one attached hydrogen (secondary N) is 1. The van der Waals surface area contributed by atoms with Gasteiger partial charge in [0.25, 0.3) is 5.91 Å². The van der Waals surface area contributed by atoms with Crippen LogP contribution in [-0.2, 0) is 19.7 Å². The first kappa shape index (κ1) is 19.0. The summed E-state index contributed by atoms with van der Waals surface area (Å²) in [6.45, 7) is 7.32. The number of carbonyl (C=O) groups is 1. The van der Waals surface area contributed by atoms with Crippen LogP contribution in [0.5, 0.6) is 5.75 Å². The molecule has 0 atom stereocenters. The second kappa shape index (κ2) is 8.31. The number of benzene rings is 1. The van der Waals surface area contributed by atoms with E-state index in [2.05, 4.69) is 10.4 Å². The maximum absolute atomic E-state index is 12.3. The van der Waals surface area contributed by atoms with E-state index in [0.717, 1.165) is 23.4 Å². The van der Waals surface area contributed by atoms with Gasteiger partial charge in [-0.15, -0.1) is 0 Å². The maximum atomic E-state index is 12.3. The molecule has 3 rings (SSSR count). The molecule has 0 saturated heterocycles. The fraction of sp³-hybridized carbons (Fsp3) is 0.300. The Hall–Kier alpha value is -2.73. The van der Waals surface area contributed by atoms with Gasteiger partial charge in [-0.2, -0.15) is 5.10 Å². The molecule has 0 radical (unpaired) electrons. The van der Waals surface area contributed by atoms with Gasteiger partial charge in [-0.3, -0.25) is 9.48 Å². The van der Waals surface area contributed by atoms with Crippen LogP contribution in [0.3, 0.4) is 0 Å². The van der Waals surface area contributed by atoms with Crippen molar-refractivity contribution in [2.45, 2.75) is 40.5 Å². The minimum atomic E-state index is -0.279. The zero-order valence-corrected chi connectivity index (χ0v) is 16.3. The number of aromatic nitrogens is 2. The van der Waals surface area contributed by atoms with E-state index in [9.17, 15) is 4.79 Å². The highest BCUT2D eigenvalue weighted by atomic mass is 35.5. The Balaban J connectivity index is 1.58. The van der Waals surface area contributed by atoms with Crippen molar-refractivity contribution in [3.63, 3.8) is 0 Å². The third-order valence-electron chi connectivity index (χ3n) is 4.35. The van der Waals surface area contributed by atoms with E-state index in [1.54, 1.807) is 24.4 Å². The van der Waals surface area contributed by atoms with Gasteiger partial charge in [0.2, 0.25) is 0 Å². The first-order valence-corrected chi connectivity index (χ1v) is 9.13. The SMILES string of the molecule is CCn1ncc(CNC(=O)c2ccc(COc3c(C)cccc3Cl)o2)c1C. The minimum Gasteiger partial charge on any atom is -0.484 e. The van der Waals surface area contributed by atoms with E-state index in [-0.39, 0.29) is 18.3 Å². The van der Waals surface area contributed by atoms with Crippen LogP contribution in [0.2, 0.25) is 5.02 Å². The molecule has 0 unspecified atom stereocenters. The number of carbonyl (C=O) groups excluding carboxylic acids is 1. The van der Waals surface area contributed by atoms with Crippen molar-refractivity contribution in [2.75, 3.05) is 0 Å². The maximum Gasteiger partial charge on any atom is 0.287 e. The molecule has 0 aliphatic heterocycles. The lowest BCUT2D eigenvalue weighted by Gasteiger charge is -2.09. The zero-order chi connectivity index (χ0) is 19.4. The summed E-state index contributed by atoms with van der Waals surface area (Å²) in [5.41, 5.74) is 2.96. The van der Waals surface area contributed by atoms with Gasteiger partial charge >= 0.3 is 0 Å². The summed E-state index contributed by atoms with van der Waals surface area (Å²) < 4.78 is 13.2. The molecule has 0 spiro atoms. The number of nitrogens with zero attached hydrogens (tertiary/aromatic N) is 2. The lowest BCUT2D eigenvalue weighted by molar-refractivity contribution is 0.0919. The lowest BCUT2D eigenvalue weighted by Crippen LogP contribution is -2.22. The third-order valence-corrected chi connectivity index (χ3v) is 4.65. The molecule has 27 heavy (non-hydrogen) atoms. The Kier molecular flexibility index (Phi) is 5.86. The fourth-order valence-corrected chi connectivity index (χ4v) is 3.04. The summed E-state index contributed by atoms with van der Waals surface area (Å²) in [4.78, 5) is 12.3. The van der Waals surface area contributed by atoms with Crippen LogP contribution in [-0.4, -0.2) is 15.7 Å². The van der Waals surface area contributed by atoms with E-state index in [1.807, 2.05) is 37.6 Å². The number of halogens is 1. The molecule has 3 aromatic rings. The molecule has 142 valence electrons. The van der Waals surface area contributed by atoms with E-state index in [4.69, 9.17) is 20.8 Å². The fourth-order valence-electron chi connectivity index (χ4n) is 2.76. The Labute approximate surface area is 163 Å². The van der Waals surface area contributed by atoms with Crippen LogP contribution >= 0.6 is 11.6 Å². The molecule has 1 aromatic carbocycles. The molecule has 2 heterocycles. The number of hydrogen-bond donors (Lipinski definition) is 1. The Morgan fingerprint density at radius 3 is 2.81 bits per heavy atom. The van der Waals surface area contributed by atoms with Gasteiger partial charge in [0.1, 0.15) is 18.1 Å². The number of para-hydroxylation sites is 1. The minimum absolute atomic E-state index is 0.195. The highest BCUT2D eigenvalue weighted by molar-refractivity contribution is 6.32. The zero-order valence-electron chi connectivity index (χ0n) is 15.6. The van der Waals surface area contributed by atoms with Crippen molar-refractivity contribution in [1.82, 2.24) is 15.1 Å². The molecule has 1 amide bonds. The van der Waals surface area contributed by atoms with Gasteiger partial charge < -0.3 is 14.5 Å². The summed E-state index contributed by atoms with van der Waals surface area (Å²) in [5, 5.41) is 7.67. The summed E-state index contributed by atoms with van der Waals surface area (Å²) in [6.07, 6.45) is 1.77. The van der Waals surface area contributed by atoms with E-state index < -0.39 is 0 Å². The van der Waals surface area contributed by atoms with Crippen LogP contribution in [0, 0.1) is 13.8 Å². The summed E-state index contributed by atoms with van der Waals surface area (Å²) in [7, 11) is 0. The second-order valence-corrected chi connectivity index (χ2v) is 6.60. The molecular weight excluding hydrogens is 366 g/mol. The first-order chi connectivity index (χ1) is 13.0. The topological polar surface area (TPSA) is 69.3 Å². The van der Waals surface area contributed by atoms with Crippen LogP contribution in [0.15, 0.2) is 40.9 Å². The van der Waals surface area contributed by atoms with Gasteiger partial charge in [-0.1, -0.05) is 23.7 Å². The molecule has 1 N–H and O–H groups in total. The summed E-state index contributed by atoms with van der Waals surface area (Å²) in [6, 6.07) is 8.92. The van der Waals surface area contributed by atoms with Crippen LogP contribution in [0.1, 0.15) is 40.1 Å². The molecule has 0 bridgehead atoms. The Morgan fingerprint density at radius 1 is 1.30 bits per heavy atom. The largest absolute Gasteiger partial charge is 0.484 e. The molecule has 0 aliphatic carbocycles. The molecule has 0 saturated carbocycles. The predicted octanol–water partition coefficient (Wildman–Crippen LogP) is 4.28. The summed E-state index contributed by atoms with van der Waals surface area (Å²) in [5.74, 6) is 1.13. The smallest absolute Gasteiger partial charge is 0.287 e. The van der Waals surface area contributed by atoms with Gasteiger partial charge in [-0.05, 0) is 44.5 Å². The molecule has 0 aliphatic rings. The van der Waals surface area contributed by atoms with Gasteiger partial charge in [0, 0.05) is 24.3 Å². The highest BCUT2D eigenvalue weighted by Gasteiger charge is 2.14. The monoisotopic (exact) mass is 387 g/mol. The molecular formula is C20H22ClN3O3. The quantitative estimate of drug-likeness (QED) is 0.657. The average molecular weight is 388 g/mol. The van der Waals surface area contributed by atoms with Crippen molar-refractivity contribution >= 4 is 17.5 Å². The van der Waals surface area contributed by atoms with Gasteiger partial charge in [0.05, 0.1) is 11.2 Å². The number of furan rings is 1. The Bertz CT molecular complexity index is 926. The van der Waals surface area contributed by atoms with E-state index >= 15 is 0 Å². The van der Waals surface area contributed by atoms with Crippen molar-refractivity contribution in [3.05, 3.63) is 69.9 Å². The van der Waals surface area contributed by atoms with Gasteiger partial charge in [-0.25, -0.2) is 0 Å². The van der Waals surface area contributed by atoms with Crippen LogP contribution in [0.4, 0.5) is 0 Å². The normalized spacial score (nSPS) is 10.8. The molecule has 7 heteroatoms. The average Bonchev–Trinajstić information content (AvgIpc) is 3.26. The standard InChI is InChI=1S/C20H22ClN3O3/c1-4-24-14(3)15(11-23-24)10-22-20(25)18-9-8-16(27-18)12-26-19-13(2)6-5-7-17(19)21/h5-9,11H,4,10,12H2,1-3H3,(H,22,25). The molecule has 0 fully saturated rings. The van der Waals surface area contributed by atoms with Crippen molar-refractivity contribution in [3.8, 4) is 5.75 Å². The molecule has 6 nitrogen and oxygen atoms in total. The van der Waals surface area contributed by atoms with Crippen molar-refractivity contribution in [2.24, 2.45) is 0 Å². The number of rotatable bonds is 7. The number of amides is 1. The van der Waals surface area contributed by atoms with Crippen molar-refractivity contribution < 1.29 is 13.9 Å².